The second-order valence-corrected chi connectivity index (χ2v) is 4.44. The van der Waals surface area contributed by atoms with E-state index in [2.05, 4.69) is 20.8 Å². The summed E-state index contributed by atoms with van der Waals surface area (Å²) in [4.78, 5) is 6.74. The number of benzene rings is 1. The average Bonchev–Trinajstić information content (AvgIpc) is 3.15. The second-order valence-electron chi connectivity index (χ2n) is 4.44. The number of rotatable bonds is 5. The van der Waals surface area contributed by atoms with Crippen molar-refractivity contribution in [2.45, 2.75) is 0 Å². The Bertz CT molecular complexity index is 646. The molecule has 6 heteroatoms. The third-order valence-electron chi connectivity index (χ3n) is 2.90. The number of anilines is 2. The smallest absolute Gasteiger partial charge is 0.162 e. The standard InChI is InChI=1S/C12H15N3O2.C5H5N/c1-16-11-4-3-9(7-12(11)17-2)14-15-10-5-6-13-8-10;1-2-4-6-5-3-1/h3-8,13-15H,1-2H3;1-5H. The SMILES string of the molecule is COc1ccc(NNc2cc[nH]c2)cc1OC.c1ccncc1. The highest BCUT2D eigenvalue weighted by molar-refractivity contribution is 5.57. The number of nitrogens with zero attached hydrogens (tertiary/aromatic N) is 1. The van der Waals surface area contributed by atoms with Gasteiger partial charge < -0.3 is 19.9 Å². The highest BCUT2D eigenvalue weighted by atomic mass is 16.5. The molecule has 3 aromatic rings. The van der Waals surface area contributed by atoms with Crippen molar-refractivity contribution in [3.05, 3.63) is 67.3 Å². The van der Waals surface area contributed by atoms with Crippen LogP contribution in [0.1, 0.15) is 0 Å². The van der Waals surface area contributed by atoms with Crippen molar-refractivity contribution in [2.24, 2.45) is 0 Å². The van der Waals surface area contributed by atoms with Gasteiger partial charge in [0.25, 0.3) is 0 Å². The molecule has 0 unspecified atom stereocenters. The normalized spacial score (nSPS) is 9.30. The molecule has 2 aromatic heterocycles. The minimum absolute atomic E-state index is 0.688. The Kier molecular flexibility index (Phi) is 6.34. The maximum Gasteiger partial charge on any atom is 0.162 e. The number of H-pyrrole nitrogens is 1. The number of ether oxygens (including phenoxy) is 2. The minimum Gasteiger partial charge on any atom is -0.493 e. The van der Waals surface area contributed by atoms with Crippen molar-refractivity contribution in [1.82, 2.24) is 9.97 Å². The lowest BCUT2D eigenvalue weighted by atomic mass is 10.3. The fourth-order valence-electron chi connectivity index (χ4n) is 1.77. The molecule has 0 aliphatic rings. The lowest BCUT2D eigenvalue weighted by molar-refractivity contribution is 0.355. The summed E-state index contributed by atoms with van der Waals surface area (Å²) in [5.74, 6) is 1.40. The third-order valence-corrected chi connectivity index (χ3v) is 2.90. The van der Waals surface area contributed by atoms with Crippen molar-refractivity contribution < 1.29 is 9.47 Å². The number of pyridine rings is 1. The van der Waals surface area contributed by atoms with Crippen molar-refractivity contribution >= 4 is 11.4 Å². The van der Waals surface area contributed by atoms with Crippen LogP contribution in [-0.2, 0) is 0 Å². The number of methoxy groups -OCH3 is 2. The van der Waals surface area contributed by atoms with Crippen LogP contribution in [0.25, 0.3) is 0 Å². The Morgan fingerprint density at radius 2 is 1.61 bits per heavy atom. The molecule has 0 aliphatic carbocycles. The van der Waals surface area contributed by atoms with Crippen molar-refractivity contribution in [3.63, 3.8) is 0 Å². The molecule has 2 heterocycles. The molecule has 0 saturated heterocycles. The van der Waals surface area contributed by atoms with Crippen LogP contribution in [0.4, 0.5) is 11.4 Å². The summed E-state index contributed by atoms with van der Waals surface area (Å²) in [5, 5.41) is 0. The van der Waals surface area contributed by atoms with Crippen molar-refractivity contribution in [2.75, 3.05) is 25.1 Å². The van der Waals surface area contributed by atoms with Crippen LogP contribution in [0.2, 0.25) is 0 Å². The van der Waals surface area contributed by atoms with E-state index in [9.17, 15) is 0 Å². The maximum atomic E-state index is 5.21. The van der Waals surface area contributed by atoms with Gasteiger partial charge in [-0.05, 0) is 30.3 Å². The van der Waals surface area contributed by atoms with Gasteiger partial charge in [-0.1, -0.05) is 6.07 Å². The van der Waals surface area contributed by atoms with Crippen LogP contribution in [0.5, 0.6) is 11.5 Å². The summed E-state index contributed by atoms with van der Waals surface area (Å²) in [6, 6.07) is 13.3. The van der Waals surface area contributed by atoms with E-state index < -0.39 is 0 Å². The average molecular weight is 312 g/mol. The highest BCUT2D eigenvalue weighted by Crippen LogP contribution is 2.29. The topological polar surface area (TPSA) is 71.2 Å². The predicted octanol–water partition coefficient (Wildman–Crippen LogP) is 3.55. The molecule has 120 valence electrons. The zero-order valence-corrected chi connectivity index (χ0v) is 13.1. The Labute approximate surface area is 135 Å². The summed E-state index contributed by atoms with van der Waals surface area (Å²) in [6.45, 7) is 0. The summed E-state index contributed by atoms with van der Waals surface area (Å²) < 4.78 is 10.4. The maximum absolute atomic E-state index is 5.21. The highest BCUT2D eigenvalue weighted by Gasteiger charge is 2.03. The molecule has 0 saturated carbocycles. The van der Waals surface area contributed by atoms with Crippen LogP contribution in [0.3, 0.4) is 0 Å². The Morgan fingerprint density at radius 1 is 0.870 bits per heavy atom. The van der Waals surface area contributed by atoms with Gasteiger partial charge >= 0.3 is 0 Å². The summed E-state index contributed by atoms with van der Waals surface area (Å²) in [7, 11) is 3.23. The quantitative estimate of drug-likeness (QED) is 0.628. The van der Waals surface area contributed by atoms with Crippen LogP contribution >= 0.6 is 0 Å². The second kappa shape index (κ2) is 8.99. The Morgan fingerprint density at radius 3 is 2.13 bits per heavy atom. The first-order valence-electron chi connectivity index (χ1n) is 7.05. The van der Waals surface area contributed by atoms with E-state index in [0.29, 0.717) is 11.5 Å². The van der Waals surface area contributed by atoms with Crippen LogP contribution < -0.4 is 20.3 Å². The minimum atomic E-state index is 0.688. The first-order valence-corrected chi connectivity index (χ1v) is 7.05. The van der Waals surface area contributed by atoms with Gasteiger partial charge in [-0.25, -0.2) is 0 Å². The number of aromatic nitrogens is 2. The molecule has 0 bridgehead atoms. The van der Waals surface area contributed by atoms with Crippen LogP contribution in [0.15, 0.2) is 67.3 Å². The zero-order valence-electron chi connectivity index (χ0n) is 13.1. The van der Waals surface area contributed by atoms with Crippen LogP contribution in [0, 0.1) is 0 Å². The van der Waals surface area contributed by atoms with E-state index in [1.165, 1.54) is 0 Å². The number of aromatic amines is 1. The third kappa shape index (κ3) is 5.28. The van der Waals surface area contributed by atoms with Gasteiger partial charge in [0.2, 0.25) is 0 Å². The fourth-order valence-corrected chi connectivity index (χ4v) is 1.77. The summed E-state index contributed by atoms with van der Waals surface area (Å²) in [6.07, 6.45) is 7.20. The van der Waals surface area contributed by atoms with E-state index in [1.807, 2.05) is 54.9 Å². The predicted molar refractivity (Wildman–Crippen MR) is 91.8 cm³/mol. The van der Waals surface area contributed by atoms with E-state index in [-0.39, 0.29) is 0 Å². The van der Waals surface area contributed by atoms with Gasteiger partial charge in [-0.3, -0.25) is 10.4 Å². The first kappa shape index (κ1) is 16.2. The molecule has 3 N–H and O–H groups in total. The van der Waals surface area contributed by atoms with Crippen molar-refractivity contribution in [3.8, 4) is 11.5 Å². The molecule has 3 rings (SSSR count). The number of hydrogen-bond donors (Lipinski definition) is 3. The lowest BCUT2D eigenvalue weighted by Gasteiger charge is -2.11. The summed E-state index contributed by atoms with van der Waals surface area (Å²) in [5.41, 5.74) is 7.97. The Balaban J connectivity index is 0.000000268. The molecular formula is C17H20N4O2. The molecule has 0 radical (unpaired) electrons. The van der Waals surface area contributed by atoms with Gasteiger partial charge in [0, 0.05) is 30.9 Å². The number of hydrogen-bond acceptors (Lipinski definition) is 5. The molecule has 0 fully saturated rings. The zero-order chi connectivity index (χ0) is 16.3. The van der Waals surface area contributed by atoms with E-state index in [0.717, 1.165) is 11.4 Å². The van der Waals surface area contributed by atoms with Crippen LogP contribution in [-0.4, -0.2) is 24.2 Å². The molecule has 0 aliphatic heterocycles. The van der Waals surface area contributed by atoms with Crippen molar-refractivity contribution in [1.29, 1.82) is 0 Å². The van der Waals surface area contributed by atoms with E-state index in [4.69, 9.17) is 9.47 Å². The monoisotopic (exact) mass is 312 g/mol. The van der Waals surface area contributed by atoms with E-state index in [1.54, 1.807) is 26.6 Å². The lowest BCUT2D eigenvalue weighted by Crippen LogP contribution is -2.07. The summed E-state index contributed by atoms with van der Waals surface area (Å²) >= 11 is 0. The molecule has 23 heavy (non-hydrogen) atoms. The van der Waals surface area contributed by atoms with Gasteiger partial charge in [0.05, 0.1) is 25.6 Å². The molecule has 1 aromatic carbocycles. The first-order chi connectivity index (χ1) is 11.3. The molecule has 0 amide bonds. The number of nitrogens with one attached hydrogen (secondary N) is 3. The number of hydrazine groups is 1. The van der Waals surface area contributed by atoms with Gasteiger partial charge in [-0.2, -0.15) is 0 Å². The fraction of sp³-hybridized carbons (Fsp3) is 0.118. The van der Waals surface area contributed by atoms with Gasteiger partial charge in [-0.15, -0.1) is 0 Å². The molecule has 0 spiro atoms. The molecular weight excluding hydrogens is 292 g/mol. The largest absolute Gasteiger partial charge is 0.493 e. The molecule has 6 nitrogen and oxygen atoms in total. The Hall–Kier alpha value is -3.15. The van der Waals surface area contributed by atoms with E-state index >= 15 is 0 Å². The molecule has 0 atom stereocenters. The van der Waals surface area contributed by atoms with Gasteiger partial charge in [0.15, 0.2) is 11.5 Å². The van der Waals surface area contributed by atoms with Gasteiger partial charge in [0.1, 0.15) is 0 Å².